The van der Waals surface area contributed by atoms with Gasteiger partial charge in [-0.1, -0.05) is 22.9 Å². The molecule has 0 radical (unpaired) electrons. The fraction of sp³-hybridized carbons (Fsp3) is 0.176. The van der Waals surface area contributed by atoms with Crippen molar-refractivity contribution in [3.05, 3.63) is 57.9 Å². The lowest BCUT2D eigenvalue weighted by Gasteiger charge is -2.11. The Balaban J connectivity index is 1.98. The summed E-state index contributed by atoms with van der Waals surface area (Å²) in [6.45, 7) is 0. The maximum atomic E-state index is 12.4. The second-order valence-electron chi connectivity index (χ2n) is 5.78. The predicted octanol–water partition coefficient (Wildman–Crippen LogP) is 2.88. The van der Waals surface area contributed by atoms with E-state index in [1.54, 1.807) is 6.07 Å². The summed E-state index contributed by atoms with van der Waals surface area (Å²) in [4.78, 5) is 17.3. The van der Waals surface area contributed by atoms with E-state index in [4.69, 9.17) is 11.6 Å². The third-order valence-electron chi connectivity index (χ3n) is 3.85. The van der Waals surface area contributed by atoms with Crippen LogP contribution in [-0.4, -0.2) is 37.3 Å². The third-order valence-corrected chi connectivity index (χ3v) is 7.01. The van der Waals surface area contributed by atoms with Crippen molar-refractivity contribution in [2.45, 2.75) is 4.90 Å². The van der Waals surface area contributed by atoms with Crippen LogP contribution >= 0.6 is 22.9 Å². The molecule has 6 nitrogen and oxygen atoms in total. The molecule has 1 aromatic heterocycles. The summed E-state index contributed by atoms with van der Waals surface area (Å²) >= 11 is 7.36. The maximum Gasteiger partial charge on any atom is 0.279 e. The van der Waals surface area contributed by atoms with Crippen molar-refractivity contribution in [2.75, 3.05) is 14.1 Å². The smallest absolute Gasteiger partial charge is 0.279 e. The van der Waals surface area contributed by atoms with Gasteiger partial charge in [-0.3, -0.25) is 4.79 Å². The SMILES string of the molecule is CN(C)S(=O)(=O)c1ccc(C(=O)N=c2sc3cc(Cl)ccc3n2C)cc1. The Kier molecular flexibility index (Phi) is 5.03. The number of aromatic nitrogens is 1. The summed E-state index contributed by atoms with van der Waals surface area (Å²) in [5.74, 6) is -0.438. The number of fused-ring (bicyclic) bond motifs is 1. The van der Waals surface area contributed by atoms with Crippen molar-refractivity contribution in [2.24, 2.45) is 12.0 Å². The molecule has 0 bridgehead atoms. The van der Waals surface area contributed by atoms with E-state index in [0.29, 0.717) is 15.4 Å². The van der Waals surface area contributed by atoms with Gasteiger partial charge in [0.25, 0.3) is 5.91 Å². The molecule has 1 heterocycles. The monoisotopic (exact) mass is 409 g/mol. The van der Waals surface area contributed by atoms with Gasteiger partial charge < -0.3 is 4.57 Å². The highest BCUT2D eigenvalue weighted by Crippen LogP contribution is 2.21. The molecule has 2 aromatic carbocycles. The van der Waals surface area contributed by atoms with Crippen LogP contribution in [0.2, 0.25) is 5.02 Å². The molecule has 9 heteroatoms. The normalized spacial score (nSPS) is 12.9. The van der Waals surface area contributed by atoms with Gasteiger partial charge in [-0.2, -0.15) is 4.99 Å². The summed E-state index contributed by atoms with van der Waals surface area (Å²) < 4.78 is 28.0. The van der Waals surface area contributed by atoms with Crippen molar-refractivity contribution in [3.8, 4) is 0 Å². The number of nitrogens with zero attached hydrogens (tertiary/aromatic N) is 3. The summed E-state index contributed by atoms with van der Waals surface area (Å²) in [6.07, 6.45) is 0. The minimum atomic E-state index is -3.53. The molecule has 0 spiro atoms. The van der Waals surface area contributed by atoms with Crippen molar-refractivity contribution in [3.63, 3.8) is 0 Å². The Morgan fingerprint density at radius 2 is 1.81 bits per heavy atom. The summed E-state index contributed by atoms with van der Waals surface area (Å²) in [7, 11) is 1.21. The van der Waals surface area contributed by atoms with Crippen molar-refractivity contribution in [1.29, 1.82) is 0 Å². The van der Waals surface area contributed by atoms with Gasteiger partial charge in [0, 0.05) is 31.7 Å². The van der Waals surface area contributed by atoms with Crippen LogP contribution < -0.4 is 4.80 Å². The average Bonchev–Trinajstić information content (AvgIpc) is 2.89. The van der Waals surface area contributed by atoms with E-state index in [-0.39, 0.29) is 4.90 Å². The number of benzene rings is 2. The van der Waals surface area contributed by atoms with Gasteiger partial charge in [-0.15, -0.1) is 0 Å². The van der Waals surface area contributed by atoms with Crippen molar-refractivity contribution < 1.29 is 13.2 Å². The first-order valence-corrected chi connectivity index (χ1v) is 10.2. The van der Waals surface area contributed by atoms with Crippen LogP contribution in [0.4, 0.5) is 0 Å². The summed E-state index contributed by atoms with van der Waals surface area (Å²) in [5.41, 5.74) is 1.25. The second-order valence-corrected chi connectivity index (χ2v) is 9.38. The minimum absolute atomic E-state index is 0.126. The number of thiazole rings is 1. The first kappa shape index (κ1) is 18.8. The van der Waals surface area contributed by atoms with Crippen LogP contribution in [0.1, 0.15) is 10.4 Å². The zero-order valence-electron chi connectivity index (χ0n) is 14.3. The molecule has 3 rings (SSSR count). The molecule has 26 heavy (non-hydrogen) atoms. The Bertz CT molecular complexity index is 1160. The topological polar surface area (TPSA) is 71.7 Å². The van der Waals surface area contributed by atoms with Crippen LogP contribution in [0.25, 0.3) is 10.2 Å². The van der Waals surface area contributed by atoms with E-state index in [9.17, 15) is 13.2 Å². The number of halogens is 1. The van der Waals surface area contributed by atoms with Crippen LogP contribution in [0.15, 0.2) is 52.4 Å². The molecule has 0 atom stereocenters. The highest BCUT2D eigenvalue weighted by atomic mass is 35.5. The average molecular weight is 410 g/mol. The molecule has 0 fully saturated rings. The summed E-state index contributed by atoms with van der Waals surface area (Å²) in [6, 6.07) is 11.2. The fourth-order valence-corrected chi connectivity index (χ4v) is 4.54. The lowest BCUT2D eigenvalue weighted by molar-refractivity contribution is 0.0998. The second kappa shape index (κ2) is 6.96. The first-order valence-electron chi connectivity index (χ1n) is 7.57. The number of hydrogen-bond acceptors (Lipinski definition) is 4. The van der Waals surface area contributed by atoms with E-state index in [0.717, 1.165) is 14.5 Å². The lowest BCUT2D eigenvalue weighted by atomic mass is 10.2. The van der Waals surface area contributed by atoms with Gasteiger partial charge in [-0.25, -0.2) is 12.7 Å². The Labute approximate surface area is 160 Å². The quantitative estimate of drug-likeness (QED) is 0.667. The fourth-order valence-electron chi connectivity index (χ4n) is 2.35. The minimum Gasteiger partial charge on any atom is -0.319 e. The summed E-state index contributed by atoms with van der Waals surface area (Å²) in [5, 5.41) is 0.620. The number of rotatable bonds is 3. The highest BCUT2D eigenvalue weighted by Gasteiger charge is 2.17. The first-order chi connectivity index (χ1) is 12.2. The number of amides is 1. The molecule has 0 aliphatic carbocycles. The number of aryl methyl sites for hydroxylation is 1. The van der Waals surface area contributed by atoms with Crippen LogP contribution in [0.5, 0.6) is 0 Å². The van der Waals surface area contributed by atoms with Gasteiger partial charge in [0.15, 0.2) is 4.80 Å². The molecule has 0 saturated heterocycles. The standard InChI is InChI=1S/C17H16ClN3O3S2/c1-20(2)26(23,24)13-7-4-11(5-8-13)16(22)19-17-21(3)14-9-6-12(18)10-15(14)25-17/h4-10H,1-3H3. The molecule has 0 aliphatic heterocycles. The Hall–Kier alpha value is -2.00. The molecule has 3 aromatic rings. The van der Waals surface area contributed by atoms with Crippen LogP contribution in [-0.2, 0) is 17.1 Å². The van der Waals surface area contributed by atoms with E-state index >= 15 is 0 Å². The number of carbonyl (C=O) groups excluding carboxylic acids is 1. The number of hydrogen-bond donors (Lipinski definition) is 0. The van der Waals surface area contributed by atoms with Crippen molar-refractivity contribution in [1.82, 2.24) is 8.87 Å². The Morgan fingerprint density at radius 1 is 1.15 bits per heavy atom. The largest absolute Gasteiger partial charge is 0.319 e. The molecule has 136 valence electrons. The highest BCUT2D eigenvalue weighted by molar-refractivity contribution is 7.89. The number of carbonyl (C=O) groups is 1. The van der Waals surface area contributed by atoms with Crippen LogP contribution in [0, 0.1) is 0 Å². The van der Waals surface area contributed by atoms with Gasteiger partial charge in [0.05, 0.1) is 15.1 Å². The third kappa shape index (κ3) is 3.45. The molecule has 0 N–H and O–H groups in total. The van der Waals surface area contributed by atoms with Gasteiger partial charge in [-0.05, 0) is 42.5 Å². The molecular weight excluding hydrogens is 394 g/mol. The number of sulfonamides is 1. The van der Waals surface area contributed by atoms with E-state index in [1.807, 2.05) is 23.7 Å². The Morgan fingerprint density at radius 3 is 2.42 bits per heavy atom. The molecule has 0 aliphatic rings. The maximum absolute atomic E-state index is 12.4. The van der Waals surface area contributed by atoms with Gasteiger partial charge in [0.1, 0.15) is 0 Å². The van der Waals surface area contributed by atoms with Crippen LogP contribution in [0.3, 0.4) is 0 Å². The van der Waals surface area contributed by atoms with E-state index in [1.165, 1.54) is 49.7 Å². The molecule has 0 saturated carbocycles. The van der Waals surface area contributed by atoms with Gasteiger partial charge in [0.2, 0.25) is 10.0 Å². The van der Waals surface area contributed by atoms with Crippen molar-refractivity contribution >= 4 is 49.1 Å². The van der Waals surface area contributed by atoms with E-state index < -0.39 is 15.9 Å². The molecule has 1 amide bonds. The zero-order valence-corrected chi connectivity index (χ0v) is 16.7. The van der Waals surface area contributed by atoms with E-state index in [2.05, 4.69) is 4.99 Å². The zero-order chi connectivity index (χ0) is 19.1. The molecular formula is C17H16ClN3O3S2. The molecule has 0 unspecified atom stereocenters. The predicted molar refractivity (Wildman–Crippen MR) is 103 cm³/mol. The van der Waals surface area contributed by atoms with Gasteiger partial charge >= 0.3 is 0 Å². The lowest BCUT2D eigenvalue weighted by Crippen LogP contribution is -2.22.